The number of carboxylic acid groups (broad SMARTS) is 1. The molecule has 2 aromatic rings. The first-order valence-electron chi connectivity index (χ1n) is 9.40. The molecule has 0 bridgehead atoms. The number of aliphatic hydroxyl groups excluding tert-OH is 1. The number of nitrogens with two attached hydrogens (primary N) is 1. The van der Waals surface area contributed by atoms with Gasteiger partial charge < -0.3 is 36.9 Å². The fourth-order valence-electron chi connectivity index (χ4n) is 2.91. The van der Waals surface area contributed by atoms with Gasteiger partial charge in [0.2, 0.25) is 17.7 Å². The number of aliphatic hydroxyl groups is 1. The van der Waals surface area contributed by atoms with E-state index in [4.69, 9.17) is 10.8 Å². The predicted octanol–water partition coefficient (Wildman–Crippen LogP) is -1.87. The Morgan fingerprint density at radius 1 is 1.03 bits per heavy atom. The number of aromatic amines is 1. The molecule has 1 aromatic heterocycles. The number of hydrogen-bond donors (Lipinski definition) is 8. The number of para-hydroxylation sites is 1. The van der Waals surface area contributed by atoms with Gasteiger partial charge in [0.1, 0.15) is 18.1 Å². The van der Waals surface area contributed by atoms with Crippen LogP contribution >= 0.6 is 12.6 Å². The van der Waals surface area contributed by atoms with Gasteiger partial charge >= 0.3 is 5.97 Å². The van der Waals surface area contributed by atoms with Crippen LogP contribution in [0.25, 0.3) is 10.9 Å². The molecule has 11 nitrogen and oxygen atoms in total. The van der Waals surface area contributed by atoms with Gasteiger partial charge in [-0.05, 0) is 11.6 Å². The molecule has 8 N–H and O–H groups in total. The second kappa shape index (κ2) is 11.3. The Bertz CT molecular complexity index is 949. The number of carboxylic acids is 1. The van der Waals surface area contributed by atoms with Crippen molar-refractivity contribution in [1.29, 1.82) is 0 Å². The van der Waals surface area contributed by atoms with Crippen LogP contribution in [0.1, 0.15) is 5.56 Å². The summed E-state index contributed by atoms with van der Waals surface area (Å²) in [7, 11) is 0. The summed E-state index contributed by atoms with van der Waals surface area (Å²) in [5, 5.41) is 26.3. The molecule has 31 heavy (non-hydrogen) atoms. The van der Waals surface area contributed by atoms with Crippen LogP contribution in [0, 0.1) is 0 Å². The SMILES string of the molecule is NCC(=O)NC(CS)C(=O)NC(Cc1c[nH]c2ccccc12)C(=O)NC(CO)C(=O)O. The third-order valence-electron chi connectivity index (χ3n) is 4.55. The van der Waals surface area contributed by atoms with Crippen LogP contribution < -0.4 is 21.7 Å². The summed E-state index contributed by atoms with van der Waals surface area (Å²) in [5.74, 6) is -3.53. The molecule has 1 heterocycles. The molecule has 0 radical (unpaired) electrons. The molecule has 3 unspecified atom stereocenters. The minimum Gasteiger partial charge on any atom is -0.480 e. The Hall–Kier alpha value is -3.09. The van der Waals surface area contributed by atoms with Crippen molar-refractivity contribution in [2.45, 2.75) is 24.5 Å². The van der Waals surface area contributed by atoms with E-state index < -0.39 is 48.4 Å². The van der Waals surface area contributed by atoms with Gasteiger partial charge in [0.15, 0.2) is 0 Å². The fraction of sp³-hybridized carbons (Fsp3) is 0.368. The Morgan fingerprint density at radius 2 is 1.68 bits per heavy atom. The van der Waals surface area contributed by atoms with E-state index in [9.17, 15) is 24.3 Å². The number of rotatable bonds is 11. The third-order valence-corrected chi connectivity index (χ3v) is 4.91. The second-order valence-electron chi connectivity index (χ2n) is 6.71. The summed E-state index contributed by atoms with van der Waals surface area (Å²) in [4.78, 5) is 51.2. The van der Waals surface area contributed by atoms with E-state index in [1.165, 1.54) is 0 Å². The number of fused-ring (bicyclic) bond motifs is 1. The summed E-state index contributed by atoms with van der Waals surface area (Å²) in [5.41, 5.74) is 6.78. The molecule has 0 saturated heterocycles. The number of carbonyl (C=O) groups excluding carboxylic acids is 3. The largest absolute Gasteiger partial charge is 0.480 e. The number of thiol groups is 1. The average Bonchev–Trinajstić information content (AvgIpc) is 3.17. The molecule has 168 valence electrons. The van der Waals surface area contributed by atoms with Crippen molar-refractivity contribution in [1.82, 2.24) is 20.9 Å². The van der Waals surface area contributed by atoms with E-state index in [-0.39, 0.29) is 18.7 Å². The summed E-state index contributed by atoms with van der Waals surface area (Å²) < 4.78 is 0. The molecule has 0 aliphatic heterocycles. The first-order chi connectivity index (χ1) is 14.8. The third kappa shape index (κ3) is 6.44. The number of amides is 3. The Labute approximate surface area is 183 Å². The van der Waals surface area contributed by atoms with Gasteiger partial charge in [0.25, 0.3) is 0 Å². The minimum absolute atomic E-state index is 0.0312. The van der Waals surface area contributed by atoms with Gasteiger partial charge in [0, 0.05) is 29.3 Å². The molecule has 1 aromatic carbocycles. The van der Waals surface area contributed by atoms with Gasteiger partial charge in [-0.1, -0.05) is 18.2 Å². The molecule has 0 fully saturated rings. The van der Waals surface area contributed by atoms with Crippen molar-refractivity contribution < 1.29 is 29.4 Å². The number of nitrogens with one attached hydrogen (secondary N) is 4. The van der Waals surface area contributed by atoms with Crippen molar-refractivity contribution >= 4 is 47.2 Å². The van der Waals surface area contributed by atoms with Gasteiger partial charge in [-0.25, -0.2) is 4.79 Å². The first kappa shape index (κ1) is 24.2. The summed E-state index contributed by atoms with van der Waals surface area (Å²) in [6, 6.07) is 3.57. The highest BCUT2D eigenvalue weighted by molar-refractivity contribution is 7.80. The van der Waals surface area contributed by atoms with E-state index >= 15 is 0 Å². The number of hydrogen-bond acceptors (Lipinski definition) is 7. The lowest BCUT2D eigenvalue weighted by atomic mass is 10.0. The molecule has 3 amide bonds. The van der Waals surface area contributed by atoms with Gasteiger partial charge in [0.05, 0.1) is 13.2 Å². The normalized spacial score (nSPS) is 13.8. The Balaban J connectivity index is 2.26. The number of aliphatic carboxylic acids is 1. The van der Waals surface area contributed by atoms with Crippen LogP contribution in [0.2, 0.25) is 0 Å². The first-order valence-corrected chi connectivity index (χ1v) is 10.0. The maximum Gasteiger partial charge on any atom is 0.328 e. The van der Waals surface area contributed by atoms with Crippen LogP contribution in [-0.2, 0) is 25.6 Å². The van der Waals surface area contributed by atoms with E-state index in [1.807, 2.05) is 24.3 Å². The lowest BCUT2D eigenvalue weighted by molar-refractivity contribution is -0.143. The van der Waals surface area contributed by atoms with Crippen molar-refractivity contribution in [3.8, 4) is 0 Å². The topological polar surface area (TPSA) is 187 Å². The van der Waals surface area contributed by atoms with Crippen LogP contribution in [0.3, 0.4) is 0 Å². The van der Waals surface area contributed by atoms with Gasteiger partial charge in [-0.2, -0.15) is 12.6 Å². The number of aromatic nitrogens is 1. The molecule has 12 heteroatoms. The summed E-state index contributed by atoms with van der Waals surface area (Å²) >= 11 is 4.04. The standard InChI is InChI=1S/C19H25N5O6S/c20-6-16(26)22-15(9-31)18(28)23-13(17(27)24-14(8-25)19(29)30)5-10-7-21-12-4-2-1-3-11(10)12/h1-4,7,13-15,21,25,31H,5-6,8-9,20H2,(H,22,26)(H,23,28)(H,24,27)(H,29,30). The zero-order valence-corrected chi connectivity index (χ0v) is 17.4. The highest BCUT2D eigenvalue weighted by Gasteiger charge is 2.29. The number of H-pyrrole nitrogens is 1. The van der Waals surface area contributed by atoms with Crippen molar-refractivity contribution in [3.63, 3.8) is 0 Å². The zero-order valence-electron chi connectivity index (χ0n) is 16.5. The van der Waals surface area contributed by atoms with Crippen molar-refractivity contribution in [2.24, 2.45) is 5.73 Å². The molecular weight excluding hydrogens is 426 g/mol. The Kier molecular flexibility index (Phi) is 8.85. The van der Waals surface area contributed by atoms with Crippen molar-refractivity contribution in [3.05, 3.63) is 36.0 Å². The van der Waals surface area contributed by atoms with Crippen LogP contribution in [0.4, 0.5) is 0 Å². The average molecular weight is 452 g/mol. The maximum atomic E-state index is 12.8. The minimum atomic E-state index is -1.53. The highest BCUT2D eigenvalue weighted by Crippen LogP contribution is 2.19. The zero-order chi connectivity index (χ0) is 23.0. The quantitative estimate of drug-likeness (QED) is 0.184. The lowest BCUT2D eigenvalue weighted by Crippen LogP contribution is -2.57. The maximum absolute atomic E-state index is 12.8. The molecule has 0 spiro atoms. The van der Waals surface area contributed by atoms with Gasteiger partial charge in [-0.3, -0.25) is 14.4 Å². The Morgan fingerprint density at radius 3 is 2.29 bits per heavy atom. The molecule has 3 atom stereocenters. The van der Waals surface area contributed by atoms with Crippen molar-refractivity contribution in [2.75, 3.05) is 18.9 Å². The van der Waals surface area contributed by atoms with E-state index in [0.29, 0.717) is 5.56 Å². The second-order valence-corrected chi connectivity index (χ2v) is 7.08. The van der Waals surface area contributed by atoms with Crippen LogP contribution in [0.15, 0.2) is 30.5 Å². The molecule has 2 rings (SSSR count). The summed E-state index contributed by atoms with van der Waals surface area (Å²) in [6.45, 7) is -1.14. The van der Waals surface area contributed by atoms with Crippen LogP contribution in [0.5, 0.6) is 0 Å². The molecular formula is C19H25N5O6S. The van der Waals surface area contributed by atoms with E-state index in [2.05, 4.69) is 33.6 Å². The number of benzene rings is 1. The van der Waals surface area contributed by atoms with E-state index in [0.717, 1.165) is 10.9 Å². The smallest absolute Gasteiger partial charge is 0.328 e. The van der Waals surface area contributed by atoms with E-state index in [1.54, 1.807) is 6.20 Å². The highest BCUT2D eigenvalue weighted by atomic mass is 32.1. The lowest BCUT2D eigenvalue weighted by Gasteiger charge is -2.23. The molecule has 0 aliphatic rings. The summed E-state index contributed by atoms with van der Waals surface area (Å²) in [6.07, 6.45) is 1.72. The predicted molar refractivity (Wildman–Crippen MR) is 115 cm³/mol. The monoisotopic (exact) mass is 451 g/mol. The van der Waals surface area contributed by atoms with Crippen LogP contribution in [-0.4, -0.2) is 75.9 Å². The fourth-order valence-corrected chi connectivity index (χ4v) is 3.16. The molecule has 0 saturated carbocycles. The molecule has 0 aliphatic carbocycles. The van der Waals surface area contributed by atoms with Gasteiger partial charge in [-0.15, -0.1) is 0 Å². The number of carbonyl (C=O) groups is 4.